The van der Waals surface area contributed by atoms with Gasteiger partial charge in [0.1, 0.15) is 6.61 Å². The van der Waals surface area contributed by atoms with Crippen molar-refractivity contribution in [1.82, 2.24) is 20.6 Å². The number of aromatic nitrogens is 4. The summed E-state index contributed by atoms with van der Waals surface area (Å²) in [6.45, 7) is 0.108. The molecule has 9 nitrogen and oxygen atoms in total. The van der Waals surface area contributed by atoms with E-state index in [0.717, 1.165) is 16.7 Å². The van der Waals surface area contributed by atoms with Gasteiger partial charge in [-0.15, -0.1) is 10.2 Å². The molecule has 2 N–H and O–H groups in total. The molecule has 0 aliphatic carbocycles. The number of esters is 1. The van der Waals surface area contributed by atoms with E-state index in [1.54, 1.807) is 0 Å². The van der Waals surface area contributed by atoms with Gasteiger partial charge in [-0.2, -0.15) is 5.21 Å². The summed E-state index contributed by atoms with van der Waals surface area (Å²) in [6.07, 6.45) is 0. The molecule has 0 bridgehead atoms. The number of hydrogen-bond donors (Lipinski definition) is 2. The largest absolute Gasteiger partial charge is 0.455 e. The molecular weight excluding hydrogens is 376 g/mol. The lowest BCUT2D eigenvalue weighted by atomic mass is 10.0. The van der Waals surface area contributed by atoms with Crippen molar-refractivity contribution in [3.05, 3.63) is 66.0 Å². The molecule has 9 heteroatoms. The second kappa shape index (κ2) is 9.18. The molecule has 0 aliphatic rings. The molecule has 0 radical (unpaired) electrons. The van der Waals surface area contributed by atoms with Gasteiger partial charge in [0.05, 0.1) is 6.61 Å². The number of carbonyl (C=O) groups is 2. The molecule has 0 aliphatic heterocycles. The van der Waals surface area contributed by atoms with Crippen LogP contribution in [-0.2, 0) is 32.3 Å². The second-order valence-corrected chi connectivity index (χ2v) is 6.37. The second-order valence-electron chi connectivity index (χ2n) is 6.37. The normalized spacial score (nSPS) is 12.9. The van der Waals surface area contributed by atoms with Crippen molar-refractivity contribution in [2.45, 2.75) is 25.7 Å². The zero-order valence-electron chi connectivity index (χ0n) is 15.7. The lowest BCUT2D eigenvalue weighted by molar-refractivity contribution is -0.179. The number of Topliss-reactive ketones (excluding diaryl/α,β-unsaturated/α-hetero) is 1. The summed E-state index contributed by atoms with van der Waals surface area (Å²) in [5.41, 5.74) is 0.900. The maximum absolute atomic E-state index is 12.5. The molecule has 150 valence electrons. The van der Waals surface area contributed by atoms with Crippen LogP contribution in [0.25, 0.3) is 11.1 Å². The van der Waals surface area contributed by atoms with Gasteiger partial charge in [-0.3, -0.25) is 4.79 Å². The number of aliphatic hydroxyl groups excluding tert-OH is 1. The Morgan fingerprint density at radius 1 is 1.03 bits per heavy atom. The van der Waals surface area contributed by atoms with Crippen LogP contribution in [0.2, 0.25) is 0 Å². The minimum atomic E-state index is -1.96. The predicted octanol–water partition coefficient (Wildman–Crippen LogP) is 1.45. The van der Waals surface area contributed by atoms with E-state index in [1.807, 2.05) is 54.6 Å². The van der Waals surface area contributed by atoms with Crippen LogP contribution in [0.15, 0.2) is 54.6 Å². The van der Waals surface area contributed by atoms with Gasteiger partial charge in [-0.25, -0.2) is 4.79 Å². The summed E-state index contributed by atoms with van der Waals surface area (Å²) < 4.78 is 10.7. The van der Waals surface area contributed by atoms with Crippen LogP contribution >= 0.6 is 0 Å². The van der Waals surface area contributed by atoms with E-state index in [4.69, 9.17) is 9.47 Å². The van der Waals surface area contributed by atoms with Crippen LogP contribution in [-0.4, -0.2) is 49.7 Å². The number of aliphatic hydroxyl groups is 1. The zero-order chi connectivity index (χ0) is 20.7. The Labute approximate surface area is 166 Å². The summed E-state index contributed by atoms with van der Waals surface area (Å²) in [7, 11) is 0. The third-order valence-electron chi connectivity index (χ3n) is 4.38. The fraction of sp³-hybridized carbons (Fsp3) is 0.250. The van der Waals surface area contributed by atoms with E-state index in [0.29, 0.717) is 0 Å². The lowest BCUT2D eigenvalue weighted by Gasteiger charge is -2.25. The average molecular weight is 396 g/mol. The van der Waals surface area contributed by atoms with Crippen LogP contribution in [0.3, 0.4) is 0 Å². The molecule has 3 aromatic rings. The molecule has 1 unspecified atom stereocenters. The summed E-state index contributed by atoms with van der Waals surface area (Å²) in [5, 5.41) is 22.2. The van der Waals surface area contributed by atoms with Crippen molar-refractivity contribution in [2.75, 3.05) is 6.61 Å². The molecule has 0 saturated heterocycles. The van der Waals surface area contributed by atoms with Crippen molar-refractivity contribution in [3.8, 4) is 11.1 Å². The van der Waals surface area contributed by atoms with Gasteiger partial charge in [-0.1, -0.05) is 59.8 Å². The van der Waals surface area contributed by atoms with Crippen molar-refractivity contribution >= 4 is 11.8 Å². The van der Waals surface area contributed by atoms with Crippen LogP contribution < -0.4 is 0 Å². The monoisotopic (exact) mass is 396 g/mol. The number of benzene rings is 2. The SMILES string of the molecule is CC(OCc1ccc(-c2ccccc2)cc1)(C(=O)CO)C(=O)OCc1nn[nH]n1. The summed E-state index contributed by atoms with van der Waals surface area (Å²) in [4.78, 5) is 24.6. The number of hydrogen-bond acceptors (Lipinski definition) is 8. The molecular formula is C20H20N4O5. The average Bonchev–Trinajstić information content (AvgIpc) is 3.30. The molecule has 29 heavy (non-hydrogen) atoms. The minimum Gasteiger partial charge on any atom is -0.455 e. The fourth-order valence-electron chi connectivity index (χ4n) is 2.57. The Morgan fingerprint density at radius 3 is 2.34 bits per heavy atom. The van der Waals surface area contributed by atoms with Gasteiger partial charge in [0, 0.05) is 0 Å². The Kier molecular flexibility index (Phi) is 6.43. The van der Waals surface area contributed by atoms with Crippen molar-refractivity contribution in [1.29, 1.82) is 0 Å². The lowest BCUT2D eigenvalue weighted by Crippen LogP contribution is -2.48. The smallest absolute Gasteiger partial charge is 0.346 e. The Morgan fingerprint density at radius 2 is 1.72 bits per heavy atom. The van der Waals surface area contributed by atoms with Crippen molar-refractivity contribution in [3.63, 3.8) is 0 Å². The Balaban J connectivity index is 1.66. The van der Waals surface area contributed by atoms with Crippen molar-refractivity contribution < 1.29 is 24.2 Å². The first-order valence-corrected chi connectivity index (χ1v) is 8.85. The first-order valence-electron chi connectivity index (χ1n) is 8.85. The van der Waals surface area contributed by atoms with Crippen LogP contribution in [0, 0.1) is 0 Å². The highest BCUT2D eigenvalue weighted by Gasteiger charge is 2.43. The molecule has 0 spiro atoms. The number of nitrogens with one attached hydrogen (secondary N) is 1. The molecule has 0 amide bonds. The first kappa shape index (κ1) is 20.3. The molecule has 1 heterocycles. The van der Waals surface area contributed by atoms with Gasteiger partial charge in [0.15, 0.2) is 6.61 Å². The van der Waals surface area contributed by atoms with E-state index in [1.165, 1.54) is 6.92 Å². The van der Waals surface area contributed by atoms with Gasteiger partial charge >= 0.3 is 5.97 Å². The maximum atomic E-state index is 12.5. The number of H-pyrrole nitrogens is 1. The third-order valence-corrected chi connectivity index (χ3v) is 4.38. The summed E-state index contributed by atoms with van der Waals surface area (Å²) in [6, 6.07) is 17.4. The summed E-state index contributed by atoms with van der Waals surface area (Å²) >= 11 is 0. The molecule has 0 saturated carbocycles. The number of tetrazole rings is 1. The van der Waals surface area contributed by atoms with Crippen molar-refractivity contribution in [2.24, 2.45) is 0 Å². The van der Waals surface area contributed by atoms with E-state index >= 15 is 0 Å². The van der Waals surface area contributed by atoms with Crippen LogP contribution in [0.5, 0.6) is 0 Å². The van der Waals surface area contributed by atoms with Gasteiger partial charge in [-0.05, 0) is 23.6 Å². The fourth-order valence-corrected chi connectivity index (χ4v) is 2.57. The highest BCUT2D eigenvalue weighted by Crippen LogP contribution is 2.22. The predicted molar refractivity (Wildman–Crippen MR) is 101 cm³/mol. The third kappa shape index (κ3) is 4.89. The number of ether oxygens (including phenoxy) is 2. The topological polar surface area (TPSA) is 127 Å². The van der Waals surface area contributed by atoms with E-state index in [9.17, 15) is 14.7 Å². The highest BCUT2D eigenvalue weighted by atomic mass is 16.6. The maximum Gasteiger partial charge on any atom is 0.346 e. The summed E-state index contributed by atoms with van der Waals surface area (Å²) in [5.74, 6) is -1.60. The van der Waals surface area contributed by atoms with Gasteiger partial charge in [0.2, 0.25) is 17.2 Å². The van der Waals surface area contributed by atoms with E-state index in [-0.39, 0.29) is 19.0 Å². The number of carbonyl (C=O) groups excluding carboxylic acids is 2. The molecule has 1 aromatic heterocycles. The highest BCUT2D eigenvalue weighted by molar-refractivity contribution is 6.07. The van der Waals surface area contributed by atoms with E-state index < -0.39 is 24.0 Å². The number of nitrogens with zero attached hydrogens (tertiary/aromatic N) is 3. The van der Waals surface area contributed by atoms with Gasteiger partial charge < -0.3 is 14.6 Å². The zero-order valence-corrected chi connectivity index (χ0v) is 15.7. The number of rotatable bonds is 9. The first-order chi connectivity index (χ1) is 14.0. The Hall–Kier alpha value is -3.43. The molecule has 3 rings (SSSR count). The van der Waals surface area contributed by atoms with Gasteiger partial charge in [0.25, 0.3) is 0 Å². The molecule has 1 atom stereocenters. The standard InChI is InChI=1S/C20H20N4O5/c1-20(17(26)11-25,19(27)28-13-18-21-23-24-22-18)29-12-14-7-9-16(10-8-14)15-5-3-2-4-6-15/h2-10,25H,11-13H2,1H3,(H,21,22,23,24). The number of aromatic amines is 1. The van der Waals surface area contributed by atoms with E-state index in [2.05, 4.69) is 20.6 Å². The molecule has 2 aromatic carbocycles. The number of ketones is 1. The Bertz CT molecular complexity index is 945. The quantitative estimate of drug-likeness (QED) is 0.411. The minimum absolute atomic E-state index is 0.0192. The molecule has 0 fully saturated rings. The van der Waals surface area contributed by atoms with Crippen LogP contribution in [0.1, 0.15) is 18.3 Å². The van der Waals surface area contributed by atoms with Crippen LogP contribution in [0.4, 0.5) is 0 Å².